The van der Waals surface area contributed by atoms with Gasteiger partial charge in [-0.05, 0) is 28.9 Å². The first-order chi connectivity index (χ1) is 4.83. The van der Waals surface area contributed by atoms with E-state index in [1.807, 2.05) is 19.1 Å². The SMILES string of the molecule is C/C=C/c1cnc(Br)cn1. The highest BCUT2D eigenvalue weighted by Crippen LogP contribution is 2.03. The molecule has 0 atom stereocenters. The van der Waals surface area contributed by atoms with Crippen molar-refractivity contribution in [3.05, 3.63) is 28.8 Å². The van der Waals surface area contributed by atoms with E-state index < -0.39 is 0 Å². The second-order valence-corrected chi connectivity index (χ2v) is 2.58. The van der Waals surface area contributed by atoms with E-state index in [9.17, 15) is 0 Å². The van der Waals surface area contributed by atoms with Gasteiger partial charge in [-0.2, -0.15) is 0 Å². The Morgan fingerprint density at radius 2 is 2.20 bits per heavy atom. The van der Waals surface area contributed by atoms with Crippen molar-refractivity contribution < 1.29 is 0 Å². The van der Waals surface area contributed by atoms with E-state index in [1.165, 1.54) is 0 Å². The summed E-state index contributed by atoms with van der Waals surface area (Å²) in [6.07, 6.45) is 7.22. The number of hydrogen-bond donors (Lipinski definition) is 0. The van der Waals surface area contributed by atoms with Crippen molar-refractivity contribution in [3.8, 4) is 0 Å². The molecule has 2 nitrogen and oxygen atoms in total. The van der Waals surface area contributed by atoms with Crippen molar-refractivity contribution in [2.45, 2.75) is 6.92 Å². The minimum atomic E-state index is 0.765. The van der Waals surface area contributed by atoms with E-state index in [0.29, 0.717) is 0 Å². The van der Waals surface area contributed by atoms with Crippen LogP contribution in [0.4, 0.5) is 0 Å². The molecule has 0 aliphatic rings. The van der Waals surface area contributed by atoms with E-state index in [0.717, 1.165) is 10.3 Å². The average molecular weight is 199 g/mol. The maximum Gasteiger partial charge on any atom is 0.124 e. The van der Waals surface area contributed by atoms with Gasteiger partial charge in [0.1, 0.15) is 4.60 Å². The first kappa shape index (κ1) is 7.41. The molecule has 10 heavy (non-hydrogen) atoms. The van der Waals surface area contributed by atoms with Crippen LogP contribution in [0.2, 0.25) is 0 Å². The lowest BCUT2D eigenvalue weighted by molar-refractivity contribution is 1.15. The van der Waals surface area contributed by atoms with Crippen molar-refractivity contribution in [1.82, 2.24) is 9.97 Å². The summed E-state index contributed by atoms with van der Waals surface area (Å²) in [6, 6.07) is 0. The Balaban J connectivity index is 2.89. The molecule has 1 aromatic rings. The summed E-state index contributed by atoms with van der Waals surface area (Å²) in [5.41, 5.74) is 0.880. The lowest BCUT2D eigenvalue weighted by Gasteiger charge is -1.89. The maximum atomic E-state index is 4.07. The molecule has 0 saturated heterocycles. The Labute approximate surface area is 68.1 Å². The summed E-state index contributed by atoms with van der Waals surface area (Å²) in [7, 11) is 0. The van der Waals surface area contributed by atoms with Crippen molar-refractivity contribution in [2.24, 2.45) is 0 Å². The van der Waals surface area contributed by atoms with Gasteiger partial charge in [0.15, 0.2) is 0 Å². The highest BCUT2D eigenvalue weighted by molar-refractivity contribution is 9.10. The molecule has 0 unspecified atom stereocenters. The minimum absolute atomic E-state index is 0.765. The summed E-state index contributed by atoms with van der Waals surface area (Å²) in [6.45, 7) is 1.95. The zero-order valence-corrected chi connectivity index (χ0v) is 7.17. The van der Waals surface area contributed by atoms with Gasteiger partial charge < -0.3 is 0 Å². The molecule has 0 amide bonds. The van der Waals surface area contributed by atoms with Gasteiger partial charge >= 0.3 is 0 Å². The van der Waals surface area contributed by atoms with Crippen LogP contribution in [0.5, 0.6) is 0 Å². The fourth-order valence-electron chi connectivity index (χ4n) is 0.579. The fraction of sp³-hybridized carbons (Fsp3) is 0.143. The molecular formula is C7H7BrN2. The molecule has 0 fully saturated rings. The molecule has 52 valence electrons. The zero-order valence-electron chi connectivity index (χ0n) is 5.58. The average Bonchev–Trinajstić information content (AvgIpc) is 1.95. The second-order valence-electron chi connectivity index (χ2n) is 1.76. The summed E-state index contributed by atoms with van der Waals surface area (Å²) in [5, 5.41) is 0. The van der Waals surface area contributed by atoms with Gasteiger partial charge in [-0.1, -0.05) is 6.08 Å². The Bertz CT molecular complexity index is 228. The van der Waals surface area contributed by atoms with E-state index in [4.69, 9.17) is 0 Å². The maximum absolute atomic E-state index is 4.07. The van der Waals surface area contributed by atoms with Crippen LogP contribution in [0, 0.1) is 0 Å². The van der Waals surface area contributed by atoms with Gasteiger partial charge in [-0.15, -0.1) is 0 Å². The van der Waals surface area contributed by atoms with Crippen molar-refractivity contribution >= 4 is 22.0 Å². The third-order valence-corrected chi connectivity index (χ3v) is 1.39. The molecule has 0 radical (unpaired) electrons. The first-order valence-electron chi connectivity index (χ1n) is 2.93. The fourth-order valence-corrected chi connectivity index (χ4v) is 0.784. The topological polar surface area (TPSA) is 25.8 Å². The number of rotatable bonds is 1. The monoisotopic (exact) mass is 198 g/mol. The normalized spacial score (nSPS) is 10.6. The van der Waals surface area contributed by atoms with Crippen LogP contribution in [-0.2, 0) is 0 Å². The zero-order chi connectivity index (χ0) is 7.40. The van der Waals surface area contributed by atoms with Crippen molar-refractivity contribution in [2.75, 3.05) is 0 Å². The minimum Gasteiger partial charge on any atom is -0.252 e. The smallest absolute Gasteiger partial charge is 0.124 e. The number of nitrogens with zero attached hydrogens (tertiary/aromatic N) is 2. The molecule has 0 aromatic carbocycles. The Hall–Kier alpha value is -0.700. The molecule has 1 aromatic heterocycles. The lowest BCUT2D eigenvalue weighted by Crippen LogP contribution is -1.82. The predicted octanol–water partition coefficient (Wildman–Crippen LogP) is 2.27. The van der Waals surface area contributed by atoms with Crippen LogP contribution in [0.1, 0.15) is 12.6 Å². The summed E-state index contributed by atoms with van der Waals surface area (Å²) in [5.74, 6) is 0. The molecule has 3 heteroatoms. The number of hydrogen-bond acceptors (Lipinski definition) is 2. The van der Waals surface area contributed by atoms with E-state index in [1.54, 1.807) is 12.4 Å². The molecular weight excluding hydrogens is 192 g/mol. The van der Waals surface area contributed by atoms with Crippen LogP contribution in [-0.4, -0.2) is 9.97 Å². The summed E-state index contributed by atoms with van der Waals surface area (Å²) < 4.78 is 0.765. The van der Waals surface area contributed by atoms with Crippen LogP contribution in [0.3, 0.4) is 0 Å². The number of allylic oxidation sites excluding steroid dienone is 1. The van der Waals surface area contributed by atoms with E-state index in [2.05, 4.69) is 25.9 Å². The Kier molecular flexibility index (Phi) is 2.57. The van der Waals surface area contributed by atoms with Gasteiger partial charge in [0.2, 0.25) is 0 Å². The summed E-state index contributed by atoms with van der Waals surface area (Å²) in [4.78, 5) is 8.07. The molecule has 0 bridgehead atoms. The Morgan fingerprint density at radius 1 is 1.40 bits per heavy atom. The Morgan fingerprint density at radius 3 is 2.70 bits per heavy atom. The lowest BCUT2D eigenvalue weighted by atomic mass is 10.4. The van der Waals surface area contributed by atoms with E-state index >= 15 is 0 Å². The molecule has 1 rings (SSSR count). The quantitative estimate of drug-likeness (QED) is 0.693. The number of aromatic nitrogens is 2. The summed E-state index contributed by atoms with van der Waals surface area (Å²) >= 11 is 3.20. The van der Waals surface area contributed by atoms with Crippen molar-refractivity contribution in [3.63, 3.8) is 0 Å². The van der Waals surface area contributed by atoms with Crippen LogP contribution < -0.4 is 0 Å². The largest absolute Gasteiger partial charge is 0.252 e. The van der Waals surface area contributed by atoms with Crippen LogP contribution in [0.25, 0.3) is 6.08 Å². The third kappa shape index (κ3) is 1.92. The molecule has 0 N–H and O–H groups in total. The number of halogens is 1. The van der Waals surface area contributed by atoms with Crippen molar-refractivity contribution in [1.29, 1.82) is 0 Å². The van der Waals surface area contributed by atoms with Gasteiger partial charge in [0.25, 0.3) is 0 Å². The van der Waals surface area contributed by atoms with Crippen LogP contribution >= 0.6 is 15.9 Å². The van der Waals surface area contributed by atoms with Gasteiger partial charge in [-0.3, -0.25) is 4.98 Å². The first-order valence-corrected chi connectivity index (χ1v) is 3.72. The van der Waals surface area contributed by atoms with Gasteiger partial charge in [0.05, 0.1) is 18.1 Å². The highest BCUT2D eigenvalue weighted by atomic mass is 79.9. The molecule has 0 aliphatic heterocycles. The molecule has 0 aliphatic carbocycles. The van der Waals surface area contributed by atoms with Crippen LogP contribution in [0.15, 0.2) is 23.1 Å². The van der Waals surface area contributed by atoms with E-state index in [-0.39, 0.29) is 0 Å². The molecule has 0 saturated carbocycles. The predicted molar refractivity (Wildman–Crippen MR) is 44.4 cm³/mol. The molecule has 0 spiro atoms. The highest BCUT2D eigenvalue weighted by Gasteiger charge is 1.87. The molecule has 1 heterocycles. The van der Waals surface area contributed by atoms with Gasteiger partial charge in [0, 0.05) is 0 Å². The second kappa shape index (κ2) is 3.46. The van der Waals surface area contributed by atoms with Gasteiger partial charge in [-0.25, -0.2) is 4.98 Å². The standard InChI is InChI=1S/C7H7BrN2/c1-2-3-6-4-10-7(8)5-9-6/h2-5H,1H3/b3-2+. The third-order valence-electron chi connectivity index (χ3n) is 0.978.